The number of benzene rings is 2. The lowest BCUT2D eigenvalue weighted by molar-refractivity contribution is 0.101. The maximum Gasteiger partial charge on any atom is 0.163 e. The number of nitrogens with zero attached hydrogens (tertiary/aromatic N) is 1. The van der Waals surface area contributed by atoms with Gasteiger partial charge >= 0.3 is 0 Å². The summed E-state index contributed by atoms with van der Waals surface area (Å²) in [6, 6.07) is 15.6. The highest BCUT2D eigenvalue weighted by atomic mass is 16.5. The van der Waals surface area contributed by atoms with E-state index in [-0.39, 0.29) is 5.78 Å². The third-order valence-corrected chi connectivity index (χ3v) is 3.10. The molecule has 0 fully saturated rings. The molecule has 0 saturated heterocycles. The lowest BCUT2D eigenvalue weighted by Crippen LogP contribution is -2.10. The maximum absolute atomic E-state index is 11.7. The Kier molecular flexibility index (Phi) is 4.41. The summed E-state index contributed by atoms with van der Waals surface area (Å²) in [5.74, 6) is 0.644. The Balaban J connectivity index is 2.24. The van der Waals surface area contributed by atoms with E-state index in [1.807, 2.05) is 67.5 Å². The van der Waals surface area contributed by atoms with Gasteiger partial charge in [-0.1, -0.05) is 30.3 Å². The van der Waals surface area contributed by atoms with Gasteiger partial charge < -0.3 is 9.64 Å². The Labute approximate surface area is 119 Å². The molecule has 0 amide bonds. The number of hydrogen-bond acceptors (Lipinski definition) is 3. The first-order chi connectivity index (χ1) is 9.58. The SMILES string of the molecule is CC(=O)c1ccc(N(C)C)cc1OCc1ccccc1. The van der Waals surface area contributed by atoms with E-state index in [1.54, 1.807) is 6.92 Å². The van der Waals surface area contributed by atoms with E-state index in [0.717, 1.165) is 11.3 Å². The number of ether oxygens (including phenoxy) is 1. The Morgan fingerprint density at radius 3 is 2.40 bits per heavy atom. The molecule has 0 atom stereocenters. The average molecular weight is 269 g/mol. The topological polar surface area (TPSA) is 29.5 Å². The molecule has 2 rings (SSSR count). The van der Waals surface area contributed by atoms with Crippen LogP contribution in [0.4, 0.5) is 5.69 Å². The van der Waals surface area contributed by atoms with Crippen LogP contribution in [0.5, 0.6) is 5.75 Å². The molecule has 3 heteroatoms. The first-order valence-corrected chi connectivity index (χ1v) is 6.57. The maximum atomic E-state index is 11.7. The first-order valence-electron chi connectivity index (χ1n) is 6.57. The first kappa shape index (κ1) is 14.1. The molecule has 0 heterocycles. The van der Waals surface area contributed by atoms with Crippen molar-refractivity contribution in [3.05, 3.63) is 59.7 Å². The molecule has 104 valence electrons. The Morgan fingerprint density at radius 2 is 1.80 bits per heavy atom. The van der Waals surface area contributed by atoms with Crippen molar-refractivity contribution in [1.29, 1.82) is 0 Å². The van der Waals surface area contributed by atoms with E-state index in [2.05, 4.69) is 0 Å². The molecule has 0 saturated carbocycles. The summed E-state index contributed by atoms with van der Waals surface area (Å²) in [7, 11) is 3.92. The van der Waals surface area contributed by atoms with E-state index in [4.69, 9.17) is 4.74 Å². The molecule has 0 aliphatic carbocycles. The van der Waals surface area contributed by atoms with Gasteiger partial charge in [0.05, 0.1) is 5.56 Å². The molecule has 2 aromatic rings. The van der Waals surface area contributed by atoms with E-state index in [1.165, 1.54) is 0 Å². The lowest BCUT2D eigenvalue weighted by atomic mass is 10.1. The zero-order chi connectivity index (χ0) is 14.5. The highest BCUT2D eigenvalue weighted by molar-refractivity contribution is 5.97. The minimum Gasteiger partial charge on any atom is -0.488 e. The van der Waals surface area contributed by atoms with Crippen LogP contribution >= 0.6 is 0 Å². The molecule has 3 nitrogen and oxygen atoms in total. The van der Waals surface area contributed by atoms with Gasteiger partial charge in [-0.05, 0) is 24.6 Å². The Morgan fingerprint density at radius 1 is 1.10 bits per heavy atom. The Hall–Kier alpha value is -2.29. The highest BCUT2D eigenvalue weighted by Crippen LogP contribution is 2.26. The third-order valence-electron chi connectivity index (χ3n) is 3.10. The number of rotatable bonds is 5. The fourth-order valence-electron chi connectivity index (χ4n) is 1.93. The fraction of sp³-hybridized carbons (Fsp3) is 0.235. The van der Waals surface area contributed by atoms with Gasteiger partial charge in [-0.3, -0.25) is 4.79 Å². The van der Waals surface area contributed by atoms with Gasteiger partial charge in [0.2, 0.25) is 0 Å². The number of hydrogen-bond donors (Lipinski definition) is 0. The van der Waals surface area contributed by atoms with Crippen molar-refractivity contribution in [3.63, 3.8) is 0 Å². The second kappa shape index (κ2) is 6.24. The van der Waals surface area contributed by atoms with Gasteiger partial charge in [-0.25, -0.2) is 0 Å². The van der Waals surface area contributed by atoms with Crippen molar-refractivity contribution in [2.45, 2.75) is 13.5 Å². The number of Topliss-reactive ketones (excluding diaryl/α,β-unsaturated/α-hetero) is 1. The lowest BCUT2D eigenvalue weighted by Gasteiger charge is -2.16. The highest BCUT2D eigenvalue weighted by Gasteiger charge is 2.10. The van der Waals surface area contributed by atoms with Gasteiger partial charge in [-0.2, -0.15) is 0 Å². The molecular weight excluding hydrogens is 250 g/mol. The van der Waals surface area contributed by atoms with E-state index >= 15 is 0 Å². The van der Waals surface area contributed by atoms with Gasteiger partial charge in [0.25, 0.3) is 0 Å². The van der Waals surface area contributed by atoms with E-state index in [0.29, 0.717) is 17.9 Å². The normalized spacial score (nSPS) is 10.2. The summed E-state index contributed by atoms with van der Waals surface area (Å²) in [5, 5.41) is 0. The quantitative estimate of drug-likeness (QED) is 0.778. The van der Waals surface area contributed by atoms with Crippen LogP contribution in [0.15, 0.2) is 48.5 Å². The summed E-state index contributed by atoms with van der Waals surface area (Å²) < 4.78 is 5.83. The number of carbonyl (C=O) groups excluding carboxylic acids is 1. The summed E-state index contributed by atoms with van der Waals surface area (Å²) in [6.07, 6.45) is 0. The predicted octanol–water partition coefficient (Wildman–Crippen LogP) is 3.53. The minimum absolute atomic E-state index is 0.0124. The summed E-state index contributed by atoms with van der Waals surface area (Å²) in [5.41, 5.74) is 2.71. The van der Waals surface area contributed by atoms with Crippen LogP contribution in [-0.4, -0.2) is 19.9 Å². The molecule has 0 bridgehead atoms. The fourth-order valence-corrected chi connectivity index (χ4v) is 1.93. The molecule has 0 aromatic heterocycles. The number of ketones is 1. The standard InChI is InChI=1S/C17H19NO2/c1-13(19)16-10-9-15(18(2)3)11-17(16)20-12-14-7-5-4-6-8-14/h4-11H,12H2,1-3H3. The van der Waals surface area contributed by atoms with Crippen molar-refractivity contribution in [2.75, 3.05) is 19.0 Å². The zero-order valence-corrected chi connectivity index (χ0v) is 12.1. The van der Waals surface area contributed by atoms with Gasteiger partial charge in [0, 0.05) is 25.8 Å². The van der Waals surface area contributed by atoms with Crippen LogP contribution < -0.4 is 9.64 Å². The average Bonchev–Trinajstić information content (AvgIpc) is 2.45. The second-order valence-corrected chi connectivity index (χ2v) is 4.91. The van der Waals surface area contributed by atoms with Crippen molar-refractivity contribution < 1.29 is 9.53 Å². The second-order valence-electron chi connectivity index (χ2n) is 4.91. The van der Waals surface area contributed by atoms with Crippen LogP contribution in [0.25, 0.3) is 0 Å². The number of anilines is 1. The summed E-state index contributed by atoms with van der Waals surface area (Å²) >= 11 is 0. The molecule has 2 aromatic carbocycles. The molecule has 0 aliphatic heterocycles. The van der Waals surface area contributed by atoms with Crippen LogP contribution in [0.3, 0.4) is 0 Å². The van der Waals surface area contributed by atoms with Crippen molar-refractivity contribution in [1.82, 2.24) is 0 Å². The van der Waals surface area contributed by atoms with E-state index in [9.17, 15) is 4.79 Å². The smallest absolute Gasteiger partial charge is 0.163 e. The third kappa shape index (κ3) is 3.38. The minimum atomic E-state index is 0.0124. The van der Waals surface area contributed by atoms with Gasteiger partial charge in [-0.15, -0.1) is 0 Å². The van der Waals surface area contributed by atoms with Gasteiger partial charge in [0.1, 0.15) is 12.4 Å². The summed E-state index contributed by atoms with van der Waals surface area (Å²) in [4.78, 5) is 13.7. The zero-order valence-electron chi connectivity index (χ0n) is 12.1. The van der Waals surface area contributed by atoms with Crippen LogP contribution in [-0.2, 0) is 6.61 Å². The molecule has 20 heavy (non-hydrogen) atoms. The largest absolute Gasteiger partial charge is 0.488 e. The molecule has 0 radical (unpaired) electrons. The molecule has 0 spiro atoms. The molecular formula is C17H19NO2. The molecule has 0 aliphatic rings. The number of carbonyl (C=O) groups is 1. The van der Waals surface area contributed by atoms with Gasteiger partial charge in [0.15, 0.2) is 5.78 Å². The van der Waals surface area contributed by atoms with Crippen molar-refractivity contribution in [3.8, 4) is 5.75 Å². The summed E-state index contributed by atoms with van der Waals surface area (Å²) in [6.45, 7) is 2.01. The Bertz CT molecular complexity index is 591. The van der Waals surface area contributed by atoms with Crippen LogP contribution in [0.2, 0.25) is 0 Å². The van der Waals surface area contributed by atoms with E-state index < -0.39 is 0 Å². The molecule has 0 N–H and O–H groups in total. The van der Waals surface area contributed by atoms with Crippen molar-refractivity contribution >= 4 is 11.5 Å². The predicted molar refractivity (Wildman–Crippen MR) is 81.5 cm³/mol. The van der Waals surface area contributed by atoms with Crippen molar-refractivity contribution in [2.24, 2.45) is 0 Å². The van der Waals surface area contributed by atoms with Crippen LogP contribution in [0.1, 0.15) is 22.8 Å². The monoisotopic (exact) mass is 269 g/mol. The molecule has 0 unspecified atom stereocenters. The van der Waals surface area contributed by atoms with Crippen LogP contribution in [0, 0.1) is 0 Å².